The molecule has 0 atom stereocenters. The molecule has 5 heteroatoms. The molecule has 17 heavy (non-hydrogen) atoms. The van der Waals surface area contributed by atoms with E-state index in [4.69, 9.17) is 9.84 Å². The number of hydrogen-bond acceptors (Lipinski definition) is 5. The van der Waals surface area contributed by atoms with Crippen molar-refractivity contribution in [3.8, 4) is 5.88 Å². The summed E-state index contributed by atoms with van der Waals surface area (Å²) in [5.74, 6) is 1.40. The highest BCUT2D eigenvalue weighted by atomic mass is 16.5. The second kappa shape index (κ2) is 8.75. The quantitative estimate of drug-likeness (QED) is 0.644. The Morgan fingerprint density at radius 2 is 2.18 bits per heavy atom. The van der Waals surface area contributed by atoms with Gasteiger partial charge in [-0.15, -0.1) is 0 Å². The van der Waals surface area contributed by atoms with Crippen LogP contribution in [0.25, 0.3) is 0 Å². The molecule has 1 rings (SSSR count). The van der Waals surface area contributed by atoms with E-state index in [1.54, 1.807) is 0 Å². The van der Waals surface area contributed by atoms with E-state index in [1.165, 1.54) is 6.33 Å². The Kier molecular flexibility index (Phi) is 7.06. The number of ether oxygens (including phenoxy) is 1. The van der Waals surface area contributed by atoms with Gasteiger partial charge in [-0.25, -0.2) is 9.97 Å². The average Bonchev–Trinajstić information content (AvgIpc) is 2.37. The Bertz CT molecular complexity index is 308. The number of unbranched alkanes of at least 4 members (excludes halogenated alkanes) is 2. The molecule has 0 aliphatic carbocycles. The van der Waals surface area contributed by atoms with Gasteiger partial charge in [0, 0.05) is 19.2 Å². The summed E-state index contributed by atoms with van der Waals surface area (Å²) in [5.41, 5.74) is 0. The standard InChI is InChI=1S/C12H21N3O2/c1-2-8-17-12-9-11(14-10-15-12)13-6-4-3-5-7-16/h9-10,16H,2-8H2,1H3,(H,13,14,15). The molecule has 0 fully saturated rings. The van der Waals surface area contributed by atoms with Crippen LogP contribution >= 0.6 is 0 Å². The summed E-state index contributed by atoms with van der Waals surface area (Å²) >= 11 is 0. The van der Waals surface area contributed by atoms with Crippen LogP contribution in [0.2, 0.25) is 0 Å². The van der Waals surface area contributed by atoms with E-state index < -0.39 is 0 Å². The molecule has 1 aromatic heterocycles. The van der Waals surface area contributed by atoms with E-state index in [1.807, 2.05) is 6.07 Å². The van der Waals surface area contributed by atoms with Crippen LogP contribution in [0.15, 0.2) is 12.4 Å². The molecule has 5 nitrogen and oxygen atoms in total. The molecule has 0 radical (unpaired) electrons. The maximum absolute atomic E-state index is 8.64. The Hall–Kier alpha value is -1.36. The first-order chi connectivity index (χ1) is 8.36. The first kappa shape index (κ1) is 13.7. The van der Waals surface area contributed by atoms with Gasteiger partial charge < -0.3 is 15.2 Å². The largest absolute Gasteiger partial charge is 0.478 e. The summed E-state index contributed by atoms with van der Waals surface area (Å²) in [7, 11) is 0. The molecule has 1 aromatic rings. The number of anilines is 1. The first-order valence-corrected chi connectivity index (χ1v) is 6.16. The fraction of sp³-hybridized carbons (Fsp3) is 0.667. The molecule has 0 aliphatic rings. The number of nitrogens with one attached hydrogen (secondary N) is 1. The number of aliphatic hydroxyl groups is 1. The van der Waals surface area contributed by atoms with Crippen LogP contribution in [-0.4, -0.2) is 34.8 Å². The molecular weight excluding hydrogens is 218 g/mol. The topological polar surface area (TPSA) is 67.3 Å². The molecule has 1 heterocycles. The number of nitrogens with zero attached hydrogens (tertiary/aromatic N) is 2. The van der Waals surface area contributed by atoms with Crippen LogP contribution in [-0.2, 0) is 0 Å². The lowest BCUT2D eigenvalue weighted by molar-refractivity contribution is 0.283. The van der Waals surface area contributed by atoms with Gasteiger partial charge in [-0.2, -0.15) is 0 Å². The van der Waals surface area contributed by atoms with Gasteiger partial charge in [0.15, 0.2) is 0 Å². The molecule has 2 N–H and O–H groups in total. The van der Waals surface area contributed by atoms with Crippen molar-refractivity contribution in [2.45, 2.75) is 32.6 Å². The predicted molar refractivity (Wildman–Crippen MR) is 67.2 cm³/mol. The average molecular weight is 239 g/mol. The lowest BCUT2D eigenvalue weighted by Crippen LogP contribution is -2.05. The summed E-state index contributed by atoms with van der Waals surface area (Å²) < 4.78 is 5.42. The summed E-state index contributed by atoms with van der Waals surface area (Å²) in [6.45, 7) is 3.85. The Morgan fingerprint density at radius 1 is 1.29 bits per heavy atom. The molecule has 0 aliphatic heterocycles. The van der Waals surface area contributed by atoms with E-state index in [-0.39, 0.29) is 6.61 Å². The summed E-state index contributed by atoms with van der Waals surface area (Å²) in [6, 6.07) is 1.81. The van der Waals surface area contributed by atoms with E-state index in [9.17, 15) is 0 Å². The van der Waals surface area contributed by atoms with Gasteiger partial charge in [-0.1, -0.05) is 6.92 Å². The maximum atomic E-state index is 8.64. The predicted octanol–water partition coefficient (Wildman–Crippen LogP) is 1.84. The highest BCUT2D eigenvalue weighted by Gasteiger charge is 1.98. The zero-order valence-electron chi connectivity index (χ0n) is 10.4. The number of rotatable bonds is 9. The minimum Gasteiger partial charge on any atom is -0.478 e. The third kappa shape index (κ3) is 6.06. The third-order valence-corrected chi connectivity index (χ3v) is 2.24. The van der Waals surface area contributed by atoms with Crippen molar-refractivity contribution in [3.05, 3.63) is 12.4 Å². The van der Waals surface area contributed by atoms with Crippen molar-refractivity contribution in [1.82, 2.24) is 9.97 Å². The van der Waals surface area contributed by atoms with Crippen molar-refractivity contribution in [2.75, 3.05) is 25.1 Å². The summed E-state index contributed by atoms with van der Waals surface area (Å²) in [6.07, 6.45) is 5.37. The Labute approximate surface area is 102 Å². The second-order valence-corrected chi connectivity index (χ2v) is 3.80. The van der Waals surface area contributed by atoms with Gasteiger partial charge in [-0.3, -0.25) is 0 Å². The van der Waals surface area contributed by atoms with E-state index in [0.29, 0.717) is 12.5 Å². The lowest BCUT2D eigenvalue weighted by atomic mass is 10.2. The van der Waals surface area contributed by atoms with Crippen LogP contribution < -0.4 is 10.1 Å². The smallest absolute Gasteiger partial charge is 0.218 e. The van der Waals surface area contributed by atoms with Crippen LogP contribution in [0, 0.1) is 0 Å². The van der Waals surface area contributed by atoms with Gasteiger partial charge in [0.25, 0.3) is 0 Å². The fourth-order valence-corrected chi connectivity index (χ4v) is 1.35. The summed E-state index contributed by atoms with van der Waals surface area (Å²) in [5, 5.41) is 11.9. The van der Waals surface area contributed by atoms with Crippen molar-refractivity contribution in [1.29, 1.82) is 0 Å². The molecule has 0 spiro atoms. The molecule has 0 bridgehead atoms. The van der Waals surface area contributed by atoms with Crippen LogP contribution in [0.4, 0.5) is 5.82 Å². The minimum atomic E-state index is 0.266. The van der Waals surface area contributed by atoms with Gasteiger partial charge >= 0.3 is 0 Å². The Balaban J connectivity index is 2.27. The SMILES string of the molecule is CCCOc1cc(NCCCCCO)ncn1. The number of hydrogen-bond donors (Lipinski definition) is 2. The van der Waals surface area contributed by atoms with E-state index >= 15 is 0 Å². The zero-order valence-corrected chi connectivity index (χ0v) is 10.4. The van der Waals surface area contributed by atoms with Crippen LogP contribution in [0.5, 0.6) is 5.88 Å². The van der Waals surface area contributed by atoms with Gasteiger partial charge in [0.2, 0.25) is 5.88 Å². The normalized spacial score (nSPS) is 10.2. The first-order valence-electron chi connectivity index (χ1n) is 6.16. The third-order valence-electron chi connectivity index (χ3n) is 2.24. The molecule has 96 valence electrons. The van der Waals surface area contributed by atoms with Gasteiger partial charge in [0.1, 0.15) is 12.1 Å². The summed E-state index contributed by atoms with van der Waals surface area (Å²) in [4.78, 5) is 8.14. The van der Waals surface area contributed by atoms with Gasteiger partial charge in [0.05, 0.1) is 6.61 Å². The maximum Gasteiger partial charge on any atom is 0.218 e. The van der Waals surface area contributed by atoms with E-state index in [0.717, 1.165) is 38.0 Å². The zero-order chi connectivity index (χ0) is 12.3. The lowest BCUT2D eigenvalue weighted by Gasteiger charge is -2.07. The fourth-order valence-electron chi connectivity index (χ4n) is 1.35. The molecule has 0 unspecified atom stereocenters. The molecular formula is C12H21N3O2. The highest BCUT2D eigenvalue weighted by molar-refractivity contribution is 5.36. The highest BCUT2D eigenvalue weighted by Crippen LogP contribution is 2.11. The Morgan fingerprint density at radius 3 is 2.94 bits per heavy atom. The van der Waals surface area contributed by atoms with Crippen molar-refractivity contribution in [3.63, 3.8) is 0 Å². The van der Waals surface area contributed by atoms with Crippen molar-refractivity contribution in [2.24, 2.45) is 0 Å². The van der Waals surface area contributed by atoms with Crippen LogP contribution in [0.3, 0.4) is 0 Å². The number of aromatic nitrogens is 2. The van der Waals surface area contributed by atoms with Crippen LogP contribution in [0.1, 0.15) is 32.6 Å². The minimum absolute atomic E-state index is 0.266. The number of aliphatic hydroxyl groups excluding tert-OH is 1. The van der Waals surface area contributed by atoms with E-state index in [2.05, 4.69) is 22.2 Å². The van der Waals surface area contributed by atoms with Crippen molar-refractivity contribution >= 4 is 5.82 Å². The molecule has 0 saturated carbocycles. The monoisotopic (exact) mass is 239 g/mol. The molecule has 0 aromatic carbocycles. The van der Waals surface area contributed by atoms with Crippen molar-refractivity contribution < 1.29 is 9.84 Å². The molecule has 0 amide bonds. The second-order valence-electron chi connectivity index (χ2n) is 3.80. The van der Waals surface area contributed by atoms with Gasteiger partial charge in [-0.05, 0) is 25.7 Å². The molecule has 0 saturated heterocycles.